The summed E-state index contributed by atoms with van der Waals surface area (Å²) in [5.74, 6) is 2.34. The van der Waals surface area contributed by atoms with E-state index in [9.17, 15) is 0 Å². The van der Waals surface area contributed by atoms with Gasteiger partial charge >= 0.3 is 0 Å². The Labute approximate surface area is 117 Å². The molecule has 17 heavy (non-hydrogen) atoms. The Morgan fingerprint density at radius 1 is 1.35 bits per heavy atom. The monoisotopic (exact) mass is 293 g/mol. The molecule has 1 unspecified atom stereocenters. The molecule has 1 heterocycles. The number of hydrogen-bond acceptors (Lipinski definition) is 4. The van der Waals surface area contributed by atoms with Crippen LogP contribution in [-0.2, 0) is 0 Å². The van der Waals surface area contributed by atoms with Gasteiger partial charge in [-0.3, -0.25) is 0 Å². The number of anilines is 2. The maximum absolute atomic E-state index is 6.10. The molecule has 1 aromatic heterocycles. The zero-order valence-corrected chi connectivity index (χ0v) is 12.5. The van der Waals surface area contributed by atoms with E-state index in [2.05, 4.69) is 28.8 Å². The van der Waals surface area contributed by atoms with Crippen LogP contribution in [0.1, 0.15) is 13.8 Å². The van der Waals surface area contributed by atoms with Gasteiger partial charge in [0.25, 0.3) is 0 Å². The first-order valence-corrected chi connectivity index (χ1v) is 7.58. The first-order chi connectivity index (χ1) is 8.08. The third-order valence-corrected chi connectivity index (χ3v) is 3.48. The molecule has 0 fully saturated rings. The van der Waals surface area contributed by atoms with Gasteiger partial charge < -0.3 is 10.6 Å². The number of halogens is 2. The van der Waals surface area contributed by atoms with Gasteiger partial charge in [0.1, 0.15) is 11.6 Å². The second kappa shape index (κ2) is 7.19. The van der Waals surface area contributed by atoms with Crippen LogP contribution in [0.3, 0.4) is 0 Å². The summed E-state index contributed by atoms with van der Waals surface area (Å²) in [6.45, 7) is 4.86. The average Bonchev–Trinajstić information content (AvgIpc) is 2.25. The Bertz CT molecular complexity index is 374. The van der Waals surface area contributed by atoms with E-state index >= 15 is 0 Å². The Morgan fingerprint density at radius 3 is 2.59 bits per heavy atom. The van der Waals surface area contributed by atoms with Gasteiger partial charge in [-0.15, -0.1) is 0 Å². The van der Waals surface area contributed by atoms with E-state index in [4.69, 9.17) is 23.2 Å². The SMILES string of the molecule is CCNc1nc(NC(C)CSC)c(Cl)cc1Cl. The molecule has 0 aliphatic rings. The Balaban J connectivity index is 2.87. The number of thioether (sulfide) groups is 1. The third kappa shape index (κ3) is 4.45. The zero-order valence-electron chi connectivity index (χ0n) is 10.2. The molecule has 0 aliphatic heterocycles. The van der Waals surface area contributed by atoms with Gasteiger partial charge in [-0.1, -0.05) is 23.2 Å². The van der Waals surface area contributed by atoms with E-state index in [0.29, 0.717) is 27.7 Å². The fourth-order valence-electron chi connectivity index (χ4n) is 1.38. The van der Waals surface area contributed by atoms with Gasteiger partial charge in [-0.2, -0.15) is 11.8 Å². The third-order valence-electron chi connectivity index (χ3n) is 2.07. The van der Waals surface area contributed by atoms with Crippen LogP contribution in [0.15, 0.2) is 6.07 Å². The zero-order chi connectivity index (χ0) is 12.8. The van der Waals surface area contributed by atoms with Crippen LogP contribution in [-0.4, -0.2) is 29.6 Å². The summed E-state index contributed by atoms with van der Waals surface area (Å²) in [5, 5.41) is 7.46. The molecule has 2 N–H and O–H groups in total. The van der Waals surface area contributed by atoms with Crippen molar-refractivity contribution in [3.8, 4) is 0 Å². The molecule has 0 saturated carbocycles. The fourth-order valence-corrected chi connectivity index (χ4v) is 2.45. The molecule has 0 aliphatic carbocycles. The van der Waals surface area contributed by atoms with E-state index in [-0.39, 0.29) is 0 Å². The molecule has 0 saturated heterocycles. The number of nitrogens with zero attached hydrogens (tertiary/aromatic N) is 1. The van der Waals surface area contributed by atoms with Gasteiger partial charge in [0.15, 0.2) is 0 Å². The predicted molar refractivity (Wildman–Crippen MR) is 79.9 cm³/mol. The number of nitrogens with one attached hydrogen (secondary N) is 2. The number of aromatic nitrogens is 1. The summed E-state index contributed by atoms with van der Waals surface area (Å²) in [4.78, 5) is 4.39. The molecule has 1 rings (SSSR count). The van der Waals surface area contributed by atoms with Crippen LogP contribution in [0.25, 0.3) is 0 Å². The Kier molecular flexibility index (Phi) is 6.23. The van der Waals surface area contributed by atoms with E-state index < -0.39 is 0 Å². The highest BCUT2D eigenvalue weighted by molar-refractivity contribution is 7.98. The van der Waals surface area contributed by atoms with Crippen molar-refractivity contribution in [3.63, 3.8) is 0 Å². The normalized spacial score (nSPS) is 12.3. The molecule has 1 atom stereocenters. The lowest BCUT2D eigenvalue weighted by molar-refractivity contribution is 0.903. The molecule has 3 nitrogen and oxygen atoms in total. The van der Waals surface area contributed by atoms with Crippen LogP contribution in [0, 0.1) is 0 Å². The summed E-state index contributed by atoms with van der Waals surface area (Å²) < 4.78 is 0. The largest absolute Gasteiger partial charge is 0.369 e. The minimum Gasteiger partial charge on any atom is -0.369 e. The minimum atomic E-state index is 0.311. The lowest BCUT2D eigenvalue weighted by Gasteiger charge is -2.16. The molecule has 96 valence electrons. The average molecular weight is 294 g/mol. The van der Waals surface area contributed by atoms with Crippen molar-refractivity contribution in [1.29, 1.82) is 0 Å². The molecule has 0 bridgehead atoms. The predicted octanol–water partition coefficient (Wildman–Crippen LogP) is 3.98. The molecule has 0 amide bonds. The first-order valence-electron chi connectivity index (χ1n) is 5.43. The molecule has 0 aromatic carbocycles. The van der Waals surface area contributed by atoms with Gasteiger partial charge in [-0.25, -0.2) is 4.98 Å². The molecule has 0 radical (unpaired) electrons. The van der Waals surface area contributed by atoms with E-state index in [0.717, 1.165) is 12.3 Å². The van der Waals surface area contributed by atoms with E-state index in [1.54, 1.807) is 17.8 Å². The molecule has 1 aromatic rings. The van der Waals surface area contributed by atoms with Crippen molar-refractivity contribution in [2.45, 2.75) is 19.9 Å². The van der Waals surface area contributed by atoms with Crippen LogP contribution < -0.4 is 10.6 Å². The van der Waals surface area contributed by atoms with Crippen molar-refractivity contribution in [2.24, 2.45) is 0 Å². The number of pyridine rings is 1. The van der Waals surface area contributed by atoms with E-state index in [1.165, 1.54) is 0 Å². The van der Waals surface area contributed by atoms with Gasteiger partial charge in [0.05, 0.1) is 10.0 Å². The minimum absolute atomic E-state index is 0.311. The van der Waals surface area contributed by atoms with Crippen LogP contribution in [0.4, 0.5) is 11.6 Å². The summed E-state index contributed by atoms with van der Waals surface area (Å²) >= 11 is 13.9. The van der Waals surface area contributed by atoms with Crippen molar-refractivity contribution in [2.75, 3.05) is 29.2 Å². The quantitative estimate of drug-likeness (QED) is 0.832. The highest BCUT2D eigenvalue weighted by atomic mass is 35.5. The van der Waals surface area contributed by atoms with Crippen LogP contribution >= 0.6 is 35.0 Å². The second-order valence-corrected chi connectivity index (χ2v) is 5.41. The lowest BCUT2D eigenvalue weighted by Crippen LogP contribution is -2.19. The summed E-state index contributed by atoms with van der Waals surface area (Å²) in [6.07, 6.45) is 2.07. The molecular formula is C11H17Cl2N3S. The maximum atomic E-state index is 6.10. The first kappa shape index (κ1) is 14.7. The van der Waals surface area contributed by atoms with Crippen molar-refractivity contribution < 1.29 is 0 Å². The summed E-state index contributed by atoms with van der Waals surface area (Å²) in [6, 6.07) is 2.02. The Morgan fingerprint density at radius 2 is 2.00 bits per heavy atom. The molecule has 6 heteroatoms. The second-order valence-electron chi connectivity index (χ2n) is 3.68. The van der Waals surface area contributed by atoms with E-state index in [1.807, 2.05) is 6.92 Å². The number of rotatable bonds is 6. The van der Waals surface area contributed by atoms with Gasteiger partial charge in [-0.05, 0) is 26.2 Å². The summed E-state index contributed by atoms with van der Waals surface area (Å²) in [5.41, 5.74) is 0. The smallest absolute Gasteiger partial charge is 0.147 e. The van der Waals surface area contributed by atoms with Gasteiger partial charge in [0, 0.05) is 18.3 Å². The topological polar surface area (TPSA) is 37.0 Å². The van der Waals surface area contributed by atoms with Crippen molar-refractivity contribution >= 4 is 46.6 Å². The highest BCUT2D eigenvalue weighted by Gasteiger charge is 2.10. The molecule has 0 spiro atoms. The van der Waals surface area contributed by atoms with Crippen LogP contribution in [0.5, 0.6) is 0 Å². The van der Waals surface area contributed by atoms with Gasteiger partial charge in [0.2, 0.25) is 0 Å². The fraction of sp³-hybridized carbons (Fsp3) is 0.545. The number of hydrogen-bond donors (Lipinski definition) is 2. The Hall–Kier alpha value is -0.320. The van der Waals surface area contributed by atoms with Crippen LogP contribution in [0.2, 0.25) is 10.0 Å². The maximum Gasteiger partial charge on any atom is 0.147 e. The highest BCUT2D eigenvalue weighted by Crippen LogP contribution is 2.29. The van der Waals surface area contributed by atoms with Crippen molar-refractivity contribution in [3.05, 3.63) is 16.1 Å². The summed E-state index contributed by atoms with van der Waals surface area (Å²) in [7, 11) is 0. The lowest BCUT2D eigenvalue weighted by atomic mass is 10.3. The van der Waals surface area contributed by atoms with Crippen molar-refractivity contribution in [1.82, 2.24) is 4.98 Å². The molecular weight excluding hydrogens is 277 g/mol. The standard InChI is InChI=1S/C11H17Cl2N3S/c1-4-14-10-8(12)5-9(13)11(16-10)15-7(2)6-17-3/h5,7H,4,6H2,1-3H3,(H2,14,15,16).